The average Bonchev–Trinajstić information content (AvgIpc) is 3.10. The molecular weight excluding hydrogens is 552 g/mol. The predicted octanol–water partition coefficient (Wildman–Crippen LogP) is 10.3. The fraction of sp³-hybridized carbons (Fsp3) is 1.00. The van der Waals surface area contributed by atoms with Crippen LogP contribution in [0.2, 0.25) is 0 Å². The molecule has 0 atom stereocenters. The van der Waals surface area contributed by atoms with Gasteiger partial charge in [-0.25, -0.2) is 0 Å². The summed E-state index contributed by atoms with van der Waals surface area (Å²) in [6, 6.07) is 0. The topological polar surface area (TPSA) is 55.4 Å². The highest BCUT2D eigenvalue weighted by Gasteiger charge is 2.56. The van der Waals surface area contributed by atoms with E-state index in [0.29, 0.717) is 5.92 Å². The zero-order chi connectivity index (χ0) is 34.7. The second-order valence-corrected chi connectivity index (χ2v) is 19.5. The van der Waals surface area contributed by atoms with E-state index in [1.807, 2.05) is 0 Å². The smallest absolute Gasteiger partial charge is 0.177 e. The van der Waals surface area contributed by atoms with Gasteiger partial charge in [-0.2, -0.15) is 0 Å². The number of ether oxygens (including phenoxy) is 6. The van der Waals surface area contributed by atoms with Gasteiger partial charge in [-0.3, -0.25) is 0 Å². The van der Waals surface area contributed by atoms with E-state index in [9.17, 15) is 0 Å². The Hall–Kier alpha value is -0.240. The number of hydrogen-bond acceptors (Lipinski definition) is 6. The van der Waals surface area contributed by atoms with Crippen molar-refractivity contribution in [3.63, 3.8) is 0 Å². The zero-order valence-corrected chi connectivity index (χ0v) is 32.9. The monoisotopic (exact) mass is 629 g/mol. The Bertz CT molecular complexity index is 781. The SMILES string of the molecule is CC(C)(C)C1(C(C)(C)C)OCCCCO1.CC(C)(C)C1(C(C)(C)C)OCCCO1.CC1COC(C(C)(C)C)(C(C)(C)C)OC1. The molecule has 44 heavy (non-hydrogen) atoms. The molecule has 3 aliphatic rings. The minimum Gasteiger partial charge on any atom is -0.349 e. The lowest BCUT2D eigenvalue weighted by atomic mass is 9.70. The van der Waals surface area contributed by atoms with E-state index >= 15 is 0 Å². The van der Waals surface area contributed by atoms with Crippen LogP contribution in [0.5, 0.6) is 0 Å². The highest BCUT2D eigenvalue weighted by Crippen LogP contribution is 2.51. The van der Waals surface area contributed by atoms with Crippen LogP contribution in [0.15, 0.2) is 0 Å². The number of rotatable bonds is 0. The predicted molar refractivity (Wildman–Crippen MR) is 184 cm³/mol. The second kappa shape index (κ2) is 14.5. The van der Waals surface area contributed by atoms with Crippen molar-refractivity contribution in [2.24, 2.45) is 38.4 Å². The molecule has 0 radical (unpaired) electrons. The Morgan fingerprint density at radius 3 is 0.773 bits per heavy atom. The minimum absolute atomic E-state index is 0.00438. The normalized spacial score (nSPS) is 23.8. The van der Waals surface area contributed by atoms with Crippen LogP contribution in [0.4, 0.5) is 0 Å². The summed E-state index contributed by atoms with van der Waals surface area (Å²) in [6.07, 6.45) is 3.22. The number of hydrogen-bond donors (Lipinski definition) is 0. The molecule has 6 nitrogen and oxygen atoms in total. The molecule has 0 unspecified atom stereocenters. The standard InChI is InChI=1S/2C13H26O2.C12H24O2/c1-10-8-14-13(15-9-10,11(2,3)4)12(5,6)7;1-11(2,3)13(12(4,5)6)14-9-7-8-10-15-13;1-10(2,3)12(11(4,5)6)13-8-7-9-14-12/h10H,8-9H2,1-7H3;7-10H2,1-6H3;7-9H2,1-6H3. The van der Waals surface area contributed by atoms with Crippen LogP contribution in [0.25, 0.3) is 0 Å². The van der Waals surface area contributed by atoms with Crippen molar-refractivity contribution in [1.82, 2.24) is 0 Å². The van der Waals surface area contributed by atoms with Crippen LogP contribution in [-0.4, -0.2) is 57.0 Å². The van der Waals surface area contributed by atoms with E-state index in [4.69, 9.17) is 28.4 Å². The van der Waals surface area contributed by atoms with Crippen LogP contribution in [0, 0.1) is 38.4 Å². The molecule has 264 valence electrons. The zero-order valence-electron chi connectivity index (χ0n) is 32.9. The van der Waals surface area contributed by atoms with Crippen LogP contribution >= 0.6 is 0 Å². The summed E-state index contributed by atoms with van der Waals surface area (Å²) in [5, 5.41) is 0. The summed E-state index contributed by atoms with van der Waals surface area (Å²) in [7, 11) is 0. The third-order valence-corrected chi connectivity index (χ3v) is 9.12. The van der Waals surface area contributed by atoms with E-state index in [0.717, 1.165) is 58.9 Å². The van der Waals surface area contributed by atoms with Gasteiger partial charge >= 0.3 is 0 Å². The van der Waals surface area contributed by atoms with Crippen molar-refractivity contribution in [3.05, 3.63) is 0 Å². The maximum Gasteiger partial charge on any atom is 0.177 e. The molecule has 3 saturated heterocycles. The van der Waals surface area contributed by atoms with Gasteiger partial charge in [0.1, 0.15) is 0 Å². The van der Waals surface area contributed by atoms with Gasteiger partial charge in [0.05, 0.1) is 39.6 Å². The van der Waals surface area contributed by atoms with E-state index in [1.54, 1.807) is 0 Å². The molecule has 3 aliphatic heterocycles. The Morgan fingerprint density at radius 1 is 0.341 bits per heavy atom. The van der Waals surface area contributed by atoms with Crippen LogP contribution in [0.3, 0.4) is 0 Å². The van der Waals surface area contributed by atoms with Crippen molar-refractivity contribution in [2.75, 3.05) is 39.6 Å². The molecule has 0 aromatic rings. The maximum absolute atomic E-state index is 6.10. The van der Waals surface area contributed by atoms with Gasteiger partial charge in [-0.1, -0.05) is 132 Å². The van der Waals surface area contributed by atoms with Crippen molar-refractivity contribution >= 4 is 0 Å². The molecule has 3 fully saturated rings. The van der Waals surface area contributed by atoms with Gasteiger partial charge in [0.15, 0.2) is 17.4 Å². The lowest BCUT2D eigenvalue weighted by molar-refractivity contribution is -0.367. The molecule has 0 aliphatic carbocycles. The highest BCUT2D eigenvalue weighted by atomic mass is 16.7. The summed E-state index contributed by atoms with van der Waals surface area (Å²) < 4.78 is 36.3. The molecule has 3 heterocycles. The molecule has 3 rings (SSSR count). The first-order chi connectivity index (χ1) is 19.5. The lowest BCUT2D eigenvalue weighted by Gasteiger charge is -2.54. The average molecular weight is 629 g/mol. The van der Waals surface area contributed by atoms with Crippen LogP contribution in [-0.2, 0) is 28.4 Å². The summed E-state index contributed by atoms with van der Waals surface area (Å²) in [5.74, 6) is -0.871. The maximum atomic E-state index is 6.10. The minimum atomic E-state index is -0.466. The second-order valence-electron chi connectivity index (χ2n) is 19.5. The van der Waals surface area contributed by atoms with E-state index in [-0.39, 0.29) is 32.5 Å². The van der Waals surface area contributed by atoms with Crippen molar-refractivity contribution in [1.29, 1.82) is 0 Å². The lowest BCUT2D eigenvalue weighted by Crippen LogP contribution is -2.60. The van der Waals surface area contributed by atoms with E-state index < -0.39 is 17.4 Å². The fourth-order valence-corrected chi connectivity index (χ4v) is 7.79. The molecule has 0 amide bonds. The van der Waals surface area contributed by atoms with Gasteiger partial charge in [0.25, 0.3) is 0 Å². The van der Waals surface area contributed by atoms with E-state index in [1.165, 1.54) is 0 Å². The molecule has 0 spiro atoms. The molecule has 0 aromatic heterocycles. The first-order valence-corrected chi connectivity index (χ1v) is 17.4. The molecular formula is C38H76O6. The van der Waals surface area contributed by atoms with Crippen molar-refractivity contribution in [3.8, 4) is 0 Å². The van der Waals surface area contributed by atoms with Gasteiger partial charge < -0.3 is 28.4 Å². The first kappa shape index (κ1) is 41.8. The Labute approximate surface area is 274 Å². The molecule has 0 aromatic carbocycles. The van der Waals surface area contributed by atoms with Crippen LogP contribution < -0.4 is 0 Å². The van der Waals surface area contributed by atoms with Crippen molar-refractivity contribution < 1.29 is 28.4 Å². The van der Waals surface area contributed by atoms with Gasteiger partial charge in [0.2, 0.25) is 0 Å². The van der Waals surface area contributed by atoms with Crippen molar-refractivity contribution in [2.45, 2.75) is 168 Å². The third kappa shape index (κ3) is 9.22. The third-order valence-electron chi connectivity index (χ3n) is 9.12. The van der Waals surface area contributed by atoms with Crippen LogP contribution in [0.1, 0.15) is 151 Å². The Morgan fingerprint density at radius 2 is 0.545 bits per heavy atom. The summed E-state index contributed by atoms with van der Waals surface area (Å²) in [4.78, 5) is 0. The quantitative estimate of drug-likeness (QED) is 0.266. The molecule has 0 saturated carbocycles. The van der Waals surface area contributed by atoms with Gasteiger partial charge in [0, 0.05) is 38.4 Å². The fourth-order valence-electron chi connectivity index (χ4n) is 7.79. The largest absolute Gasteiger partial charge is 0.349 e. The molecule has 6 heteroatoms. The van der Waals surface area contributed by atoms with Gasteiger partial charge in [-0.15, -0.1) is 0 Å². The summed E-state index contributed by atoms with van der Waals surface area (Å²) in [6.45, 7) is 46.4. The molecule has 0 bridgehead atoms. The summed E-state index contributed by atoms with van der Waals surface area (Å²) in [5.41, 5.74) is -0.0146. The van der Waals surface area contributed by atoms with E-state index in [2.05, 4.69) is 132 Å². The molecule has 0 N–H and O–H groups in total. The first-order valence-electron chi connectivity index (χ1n) is 17.4. The Kier molecular flexibility index (Phi) is 13.8. The Balaban J connectivity index is 0.000000330. The highest BCUT2D eigenvalue weighted by molar-refractivity contribution is 4.97. The summed E-state index contributed by atoms with van der Waals surface area (Å²) >= 11 is 0. The van der Waals surface area contributed by atoms with Gasteiger partial charge in [-0.05, 0) is 19.3 Å².